The Bertz CT molecular complexity index is 1180. The fourth-order valence-corrected chi connectivity index (χ4v) is 3.99. The summed E-state index contributed by atoms with van der Waals surface area (Å²) < 4.78 is 12.7. The van der Waals surface area contributed by atoms with Gasteiger partial charge in [0.2, 0.25) is 0 Å². The van der Waals surface area contributed by atoms with E-state index in [1.54, 1.807) is 19.5 Å². The van der Waals surface area contributed by atoms with Gasteiger partial charge in [-0.15, -0.1) is 10.2 Å². The predicted octanol–water partition coefficient (Wildman–Crippen LogP) is 4.24. The minimum atomic E-state index is -0.345. The Hall–Kier alpha value is -3.06. The van der Waals surface area contributed by atoms with E-state index in [0.717, 1.165) is 39.5 Å². The van der Waals surface area contributed by atoms with Gasteiger partial charge in [0.1, 0.15) is 17.7 Å². The van der Waals surface area contributed by atoms with Gasteiger partial charge in [0, 0.05) is 17.2 Å². The van der Waals surface area contributed by atoms with Gasteiger partial charge in [0.05, 0.1) is 12.8 Å². The molecule has 28 heavy (non-hydrogen) atoms. The monoisotopic (exact) mass is 393 g/mol. The van der Waals surface area contributed by atoms with Crippen LogP contribution in [0.5, 0.6) is 5.75 Å². The van der Waals surface area contributed by atoms with Crippen molar-refractivity contribution in [3.8, 4) is 11.4 Å². The van der Waals surface area contributed by atoms with Crippen molar-refractivity contribution in [2.45, 2.75) is 24.3 Å². The summed E-state index contributed by atoms with van der Waals surface area (Å²) >= 11 is 1.51. The molecule has 7 heteroatoms. The smallest absolute Gasteiger partial charge is 0.336 e. The van der Waals surface area contributed by atoms with Gasteiger partial charge < -0.3 is 9.15 Å². The van der Waals surface area contributed by atoms with Gasteiger partial charge in [-0.1, -0.05) is 43.0 Å². The summed E-state index contributed by atoms with van der Waals surface area (Å²) in [6.45, 7) is 2.07. The van der Waals surface area contributed by atoms with Gasteiger partial charge in [-0.3, -0.25) is 4.57 Å². The number of methoxy groups -OCH3 is 1. The number of thioether (sulfide) groups is 1. The molecule has 2 heterocycles. The summed E-state index contributed by atoms with van der Waals surface area (Å²) in [6, 6.07) is 15.3. The Kier molecular flexibility index (Phi) is 5.16. The molecule has 0 fully saturated rings. The number of ether oxygens (including phenoxy) is 1. The van der Waals surface area contributed by atoms with Crippen LogP contribution >= 0.6 is 11.8 Å². The molecular weight excluding hydrogens is 374 g/mol. The Balaban J connectivity index is 1.66. The van der Waals surface area contributed by atoms with Crippen LogP contribution in [0.25, 0.3) is 16.7 Å². The zero-order chi connectivity index (χ0) is 19.5. The van der Waals surface area contributed by atoms with Gasteiger partial charge in [0.25, 0.3) is 0 Å². The second-order valence-corrected chi connectivity index (χ2v) is 7.16. The number of hydrogen-bond donors (Lipinski definition) is 0. The fourth-order valence-electron chi connectivity index (χ4n) is 3.07. The molecule has 142 valence electrons. The molecule has 0 unspecified atom stereocenters. The summed E-state index contributed by atoms with van der Waals surface area (Å²) in [5.74, 6) is 1.31. The molecule has 0 bridgehead atoms. The van der Waals surface area contributed by atoms with Gasteiger partial charge in [-0.2, -0.15) is 0 Å². The Labute approximate surface area is 166 Å². The first-order valence-corrected chi connectivity index (χ1v) is 9.90. The van der Waals surface area contributed by atoms with E-state index < -0.39 is 0 Å². The van der Waals surface area contributed by atoms with E-state index in [0.29, 0.717) is 11.3 Å². The summed E-state index contributed by atoms with van der Waals surface area (Å²) in [5.41, 5.74) is 3.18. The molecule has 0 aliphatic rings. The summed E-state index contributed by atoms with van der Waals surface area (Å²) in [5, 5.41) is 9.93. The van der Waals surface area contributed by atoms with Crippen LogP contribution in [0.15, 0.2) is 69.2 Å². The third kappa shape index (κ3) is 3.53. The van der Waals surface area contributed by atoms with E-state index in [1.165, 1.54) is 11.8 Å². The van der Waals surface area contributed by atoms with Crippen LogP contribution in [-0.4, -0.2) is 21.9 Å². The van der Waals surface area contributed by atoms with Crippen LogP contribution in [-0.2, 0) is 12.2 Å². The van der Waals surface area contributed by atoms with Crippen LogP contribution in [0.2, 0.25) is 0 Å². The molecule has 2 aromatic heterocycles. The van der Waals surface area contributed by atoms with Crippen molar-refractivity contribution in [3.63, 3.8) is 0 Å². The van der Waals surface area contributed by atoms with Gasteiger partial charge in [0.15, 0.2) is 5.16 Å². The largest absolute Gasteiger partial charge is 0.495 e. The Morgan fingerprint density at radius 2 is 2.04 bits per heavy atom. The summed E-state index contributed by atoms with van der Waals surface area (Å²) in [4.78, 5) is 12.0. The minimum Gasteiger partial charge on any atom is -0.495 e. The molecule has 0 spiro atoms. The molecular formula is C21H19N3O3S. The molecule has 2 aromatic carbocycles. The molecule has 0 N–H and O–H groups in total. The standard InChI is InChI=1S/C21H19N3O3S/c1-3-14-8-9-16-15(11-20(25)27-19(16)10-14)12-28-21-23-22-13-24(21)17-6-4-5-7-18(17)26-2/h4-11,13H,3,12H2,1-2H3. The number of hydrogen-bond acceptors (Lipinski definition) is 6. The summed E-state index contributed by atoms with van der Waals surface area (Å²) in [7, 11) is 1.63. The molecule has 0 atom stereocenters. The average molecular weight is 393 g/mol. The molecule has 0 radical (unpaired) electrons. The van der Waals surface area contributed by atoms with E-state index in [2.05, 4.69) is 23.2 Å². The van der Waals surface area contributed by atoms with Crippen molar-refractivity contribution in [2.24, 2.45) is 0 Å². The lowest BCUT2D eigenvalue weighted by molar-refractivity contribution is 0.412. The quantitative estimate of drug-likeness (QED) is 0.360. The fraction of sp³-hybridized carbons (Fsp3) is 0.190. The van der Waals surface area contributed by atoms with E-state index in [9.17, 15) is 4.79 Å². The van der Waals surface area contributed by atoms with E-state index in [-0.39, 0.29) is 5.63 Å². The maximum absolute atomic E-state index is 12.0. The predicted molar refractivity (Wildman–Crippen MR) is 109 cm³/mol. The molecule has 0 aliphatic carbocycles. The number of aromatic nitrogens is 3. The van der Waals surface area contributed by atoms with Crippen molar-refractivity contribution < 1.29 is 9.15 Å². The maximum Gasteiger partial charge on any atom is 0.336 e. The first-order valence-electron chi connectivity index (χ1n) is 8.91. The second-order valence-electron chi connectivity index (χ2n) is 6.22. The third-order valence-electron chi connectivity index (χ3n) is 4.52. The van der Waals surface area contributed by atoms with E-state index in [4.69, 9.17) is 9.15 Å². The first kappa shape index (κ1) is 18.3. The topological polar surface area (TPSA) is 70.2 Å². The molecule has 0 saturated heterocycles. The van der Waals surface area contributed by atoms with Crippen molar-refractivity contribution in [3.05, 3.63) is 76.4 Å². The zero-order valence-corrected chi connectivity index (χ0v) is 16.4. The highest BCUT2D eigenvalue weighted by Gasteiger charge is 2.13. The number of benzene rings is 2. The number of rotatable bonds is 6. The highest BCUT2D eigenvalue weighted by Crippen LogP contribution is 2.30. The molecule has 0 saturated carbocycles. The highest BCUT2D eigenvalue weighted by atomic mass is 32.2. The van der Waals surface area contributed by atoms with Crippen LogP contribution < -0.4 is 10.4 Å². The normalized spacial score (nSPS) is 11.1. The van der Waals surface area contributed by atoms with Crippen LogP contribution in [0, 0.1) is 0 Å². The molecule has 4 aromatic rings. The van der Waals surface area contributed by atoms with Gasteiger partial charge in [-0.25, -0.2) is 4.79 Å². The Morgan fingerprint density at radius 3 is 2.86 bits per heavy atom. The molecule has 6 nitrogen and oxygen atoms in total. The van der Waals surface area contributed by atoms with Crippen molar-refractivity contribution >= 4 is 22.7 Å². The van der Waals surface area contributed by atoms with Crippen LogP contribution in [0.1, 0.15) is 18.1 Å². The van der Waals surface area contributed by atoms with E-state index in [1.807, 2.05) is 41.0 Å². The maximum atomic E-state index is 12.0. The summed E-state index contributed by atoms with van der Waals surface area (Å²) in [6.07, 6.45) is 2.55. The molecule has 0 aliphatic heterocycles. The number of aryl methyl sites for hydroxylation is 1. The highest BCUT2D eigenvalue weighted by molar-refractivity contribution is 7.98. The third-order valence-corrected chi connectivity index (χ3v) is 5.51. The number of para-hydroxylation sites is 2. The lowest BCUT2D eigenvalue weighted by Crippen LogP contribution is -2.02. The van der Waals surface area contributed by atoms with Crippen LogP contribution in [0.4, 0.5) is 0 Å². The van der Waals surface area contributed by atoms with Crippen molar-refractivity contribution in [1.82, 2.24) is 14.8 Å². The minimum absolute atomic E-state index is 0.345. The first-order chi connectivity index (χ1) is 13.7. The lowest BCUT2D eigenvalue weighted by atomic mass is 10.1. The van der Waals surface area contributed by atoms with Crippen molar-refractivity contribution in [1.29, 1.82) is 0 Å². The zero-order valence-electron chi connectivity index (χ0n) is 15.6. The molecule has 4 rings (SSSR count). The van der Waals surface area contributed by atoms with E-state index >= 15 is 0 Å². The SMILES string of the molecule is CCc1ccc2c(CSc3nncn3-c3ccccc3OC)cc(=O)oc2c1. The van der Waals surface area contributed by atoms with Crippen molar-refractivity contribution in [2.75, 3.05) is 7.11 Å². The van der Waals surface area contributed by atoms with Crippen LogP contribution in [0.3, 0.4) is 0 Å². The second kappa shape index (κ2) is 7.90. The number of fused-ring (bicyclic) bond motifs is 1. The number of nitrogens with zero attached hydrogens (tertiary/aromatic N) is 3. The molecule has 0 amide bonds. The Morgan fingerprint density at radius 1 is 1.18 bits per heavy atom. The van der Waals surface area contributed by atoms with Gasteiger partial charge >= 0.3 is 5.63 Å². The average Bonchev–Trinajstić information content (AvgIpc) is 3.19. The van der Waals surface area contributed by atoms with Gasteiger partial charge in [-0.05, 0) is 35.7 Å². The lowest BCUT2D eigenvalue weighted by Gasteiger charge is -2.11.